The predicted octanol–water partition coefficient (Wildman–Crippen LogP) is 1.91. The summed E-state index contributed by atoms with van der Waals surface area (Å²) in [7, 11) is 1.89. The minimum Gasteiger partial charge on any atom is -0.399 e. The van der Waals surface area contributed by atoms with Gasteiger partial charge in [-0.15, -0.1) is 0 Å². The summed E-state index contributed by atoms with van der Waals surface area (Å²) in [5, 5.41) is 0. The van der Waals surface area contributed by atoms with Gasteiger partial charge < -0.3 is 9.31 Å². The molecule has 3 rings (SSSR count). The molecule has 0 spiro atoms. The lowest BCUT2D eigenvalue weighted by Gasteiger charge is -2.42. The quantitative estimate of drug-likeness (QED) is 0.783. The fourth-order valence-electron chi connectivity index (χ4n) is 3.58. The van der Waals surface area contributed by atoms with E-state index < -0.39 is 0 Å². The van der Waals surface area contributed by atoms with Gasteiger partial charge in [-0.25, -0.2) is 0 Å². The van der Waals surface area contributed by atoms with E-state index >= 15 is 0 Å². The smallest absolute Gasteiger partial charge is 0.399 e. The zero-order valence-electron chi connectivity index (χ0n) is 16.7. The van der Waals surface area contributed by atoms with Crippen molar-refractivity contribution in [1.29, 1.82) is 0 Å². The summed E-state index contributed by atoms with van der Waals surface area (Å²) in [5.74, 6) is 0. The summed E-state index contributed by atoms with van der Waals surface area (Å²) < 4.78 is 12.3. The average molecular weight is 345 g/mol. The molecule has 0 N–H and O–H groups in total. The summed E-state index contributed by atoms with van der Waals surface area (Å²) >= 11 is 0. The number of hydrogen-bond donors (Lipinski definition) is 0. The number of rotatable bonds is 3. The first-order valence-electron chi connectivity index (χ1n) is 9.34. The molecule has 25 heavy (non-hydrogen) atoms. The third-order valence-corrected chi connectivity index (χ3v) is 6.19. The van der Waals surface area contributed by atoms with Crippen LogP contribution in [0.2, 0.25) is 0 Å². The van der Waals surface area contributed by atoms with Gasteiger partial charge in [-0.3, -0.25) is 14.8 Å². The first-order valence-corrected chi connectivity index (χ1v) is 9.34. The Hall–Kier alpha value is -0.945. The molecule has 0 amide bonds. The third-order valence-electron chi connectivity index (χ3n) is 6.19. The van der Waals surface area contributed by atoms with Gasteiger partial charge in [-0.1, -0.05) is 0 Å². The van der Waals surface area contributed by atoms with Gasteiger partial charge in [-0.2, -0.15) is 0 Å². The second kappa shape index (κ2) is 6.65. The maximum absolute atomic E-state index is 6.17. The maximum Gasteiger partial charge on any atom is 0.494 e. The number of pyridine rings is 1. The summed E-state index contributed by atoms with van der Waals surface area (Å²) in [5.41, 5.74) is 1.50. The topological polar surface area (TPSA) is 37.8 Å². The second-order valence-corrected chi connectivity index (χ2v) is 8.73. The summed E-state index contributed by atoms with van der Waals surface area (Å²) in [6.07, 6.45) is 1.87. The highest BCUT2D eigenvalue weighted by Crippen LogP contribution is 2.36. The Bertz CT molecular complexity index is 594. The number of likely N-dealkylation sites (N-methyl/N-ethyl adjacent to an activating group) is 1. The summed E-state index contributed by atoms with van der Waals surface area (Å²) in [6.45, 7) is 15.9. The molecule has 0 aliphatic carbocycles. The van der Waals surface area contributed by atoms with E-state index in [0.717, 1.165) is 30.8 Å². The van der Waals surface area contributed by atoms with E-state index in [2.05, 4.69) is 69.4 Å². The zero-order valence-corrected chi connectivity index (χ0v) is 16.7. The summed E-state index contributed by atoms with van der Waals surface area (Å²) in [4.78, 5) is 9.52. The first-order chi connectivity index (χ1) is 11.6. The van der Waals surface area contributed by atoms with Crippen LogP contribution < -0.4 is 5.46 Å². The molecular formula is C19H32BN3O2. The molecule has 2 saturated heterocycles. The molecule has 3 heterocycles. The Morgan fingerprint density at radius 1 is 1.12 bits per heavy atom. The number of hydrogen-bond acceptors (Lipinski definition) is 5. The molecule has 1 aromatic rings. The van der Waals surface area contributed by atoms with Gasteiger partial charge in [0.25, 0.3) is 0 Å². The molecule has 138 valence electrons. The average Bonchev–Trinajstić information content (AvgIpc) is 2.73. The fourth-order valence-corrected chi connectivity index (χ4v) is 3.58. The standard InChI is InChI=1S/C19H32BN3O2/c1-14-11-23(12-15(2)22(14)7)13-17-10-16(8-9-21-17)20-24-18(3,4)19(5,6)25-20/h8-10,14-15H,11-13H2,1-7H3. The van der Waals surface area contributed by atoms with E-state index in [1.54, 1.807) is 0 Å². The van der Waals surface area contributed by atoms with E-state index in [1.165, 1.54) is 0 Å². The Balaban J connectivity index is 1.71. The van der Waals surface area contributed by atoms with Crippen LogP contribution in [0.3, 0.4) is 0 Å². The van der Waals surface area contributed by atoms with Crippen molar-refractivity contribution in [3.05, 3.63) is 24.0 Å². The molecule has 2 aliphatic heterocycles. The van der Waals surface area contributed by atoms with Crippen LogP contribution in [0, 0.1) is 0 Å². The first kappa shape index (κ1) is 18.8. The highest BCUT2D eigenvalue weighted by Gasteiger charge is 2.51. The Kier molecular flexibility index (Phi) is 5.01. The molecule has 5 nitrogen and oxygen atoms in total. The van der Waals surface area contributed by atoms with Crippen LogP contribution in [-0.2, 0) is 15.9 Å². The molecule has 1 aromatic heterocycles. The van der Waals surface area contributed by atoms with Crippen molar-refractivity contribution in [2.45, 2.75) is 71.4 Å². The Morgan fingerprint density at radius 3 is 2.24 bits per heavy atom. The Labute approximate surface area is 152 Å². The molecular weight excluding hydrogens is 313 g/mol. The summed E-state index contributed by atoms with van der Waals surface area (Å²) in [6, 6.07) is 5.27. The van der Waals surface area contributed by atoms with Crippen LogP contribution in [0.4, 0.5) is 0 Å². The number of nitrogens with zero attached hydrogens (tertiary/aromatic N) is 3. The highest BCUT2D eigenvalue weighted by molar-refractivity contribution is 6.62. The van der Waals surface area contributed by atoms with Crippen molar-refractivity contribution in [2.75, 3.05) is 20.1 Å². The van der Waals surface area contributed by atoms with Gasteiger partial charge in [0.1, 0.15) is 0 Å². The van der Waals surface area contributed by atoms with Crippen molar-refractivity contribution >= 4 is 12.6 Å². The van der Waals surface area contributed by atoms with Crippen molar-refractivity contribution in [1.82, 2.24) is 14.8 Å². The largest absolute Gasteiger partial charge is 0.494 e. The minimum atomic E-state index is -0.322. The zero-order chi connectivity index (χ0) is 18.4. The molecule has 6 heteroatoms. The molecule has 0 aromatic carbocycles. The van der Waals surface area contributed by atoms with Gasteiger partial charge in [-0.05, 0) is 66.2 Å². The van der Waals surface area contributed by atoms with Crippen LogP contribution in [-0.4, -0.2) is 65.3 Å². The predicted molar refractivity (Wildman–Crippen MR) is 102 cm³/mol. The van der Waals surface area contributed by atoms with Crippen LogP contribution >= 0.6 is 0 Å². The van der Waals surface area contributed by atoms with Crippen molar-refractivity contribution in [2.24, 2.45) is 0 Å². The highest BCUT2D eigenvalue weighted by atomic mass is 16.7. The van der Waals surface area contributed by atoms with Crippen molar-refractivity contribution in [3.63, 3.8) is 0 Å². The molecule has 0 radical (unpaired) electrons. The van der Waals surface area contributed by atoms with E-state index in [-0.39, 0.29) is 18.3 Å². The van der Waals surface area contributed by atoms with E-state index in [0.29, 0.717) is 12.1 Å². The third kappa shape index (κ3) is 3.77. The van der Waals surface area contributed by atoms with Crippen LogP contribution in [0.5, 0.6) is 0 Å². The Morgan fingerprint density at radius 2 is 1.68 bits per heavy atom. The van der Waals surface area contributed by atoms with Crippen LogP contribution in [0.15, 0.2) is 18.3 Å². The minimum absolute atomic E-state index is 0.316. The van der Waals surface area contributed by atoms with Gasteiger partial charge in [0.15, 0.2) is 0 Å². The second-order valence-electron chi connectivity index (χ2n) is 8.73. The van der Waals surface area contributed by atoms with E-state index in [9.17, 15) is 0 Å². The lowest BCUT2D eigenvalue weighted by atomic mass is 9.79. The van der Waals surface area contributed by atoms with E-state index in [4.69, 9.17) is 9.31 Å². The lowest BCUT2D eigenvalue weighted by molar-refractivity contribution is 0.00578. The SMILES string of the molecule is CC1CN(Cc2cc(B3OC(C)(C)C(C)(C)O3)ccn2)CC(C)N1C. The van der Waals surface area contributed by atoms with Crippen LogP contribution in [0.1, 0.15) is 47.2 Å². The van der Waals surface area contributed by atoms with Gasteiger partial charge in [0.05, 0.1) is 16.9 Å². The normalized spacial score (nSPS) is 30.0. The molecule has 2 fully saturated rings. The van der Waals surface area contributed by atoms with Crippen molar-refractivity contribution < 1.29 is 9.31 Å². The maximum atomic E-state index is 6.17. The molecule has 0 bridgehead atoms. The van der Waals surface area contributed by atoms with Crippen LogP contribution in [0.25, 0.3) is 0 Å². The monoisotopic (exact) mass is 345 g/mol. The lowest BCUT2D eigenvalue weighted by Crippen LogP contribution is -2.54. The number of aromatic nitrogens is 1. The molecule has 0 saturated carbocycles. The number of piperazine rings is 1. The molecule has 2 atom stereocenters. The van der Waals surface area contributed by atoms with Gasteiger partial charge in [0, 0.05) is 37.9 Å². The molecule has 2 aliphatic rings. The van der Waals surface area contributed by atoms with Crippen molar-refractivity contribution in [3.8, 4) is 0 Å². The van der Waals surface area contributed by atoms with E-state index in [1.807, 2.05) is 12.3 Å². The fraction of sp³-hybridized carbons (Fsp3) is 0.737. The molecule has 2 unspecified atom stereocenters. The van der Waals surface area contributed by atoms with Gasteiger partial charge >= 0.3 is 7.12 Å². The van der Waals surface area contributed by atoms with Gasteiger partial charge in [0.2, 0.25) is 0 Å².